The summed E-state index contributed by atoms with van der Waals surface area (Å²) in [5.41, 5.74) is 1.66. The van der Waals surface area contributed by atoms with Crippen molar-refractivity contribution in [3.8, 4) is 0 Å². The molecular weight excluding hydrogens is 435 g/mol. The van der Waals surface area contributed by atoms with E-state index in [9.17, 15) is 17.6 Å². The van der Waals surface area contributed by atoms with E-state index in [2.05, 4.69) is 21.2 Å². The van der Waals surface area contributed by atoms with Crippen molar-refractivity contribution in [2.45, 2.75) is 32.6 Å². The Morgan fingerprint density at radius 2 is 1.78 bits per heavy atom. The van der Waals surface area contributed by atoms with E-state index in [1.54, 1.807) is 39.8 Å². The van der Waals surface area contributed by atoms with E-state index in [-0.39, 0.29) is 10.5 Å². The molecule has 0 aromatic heterocycles. The van der Waals surface area contributed by atoms with Gasteiger partial charge in [-0.15, -0.1) is 0 Å². The lowest BCUT2D eigenvalue weighted by molar-refractivity contribution is 0.102. The van der Waals surface area contributed by atoms with Gasteiger partial charge in [0.15, 0.2) is 0 Å². The zero-order valence-corrected chi connectivity index (χ0v) is 18.0. The van der Waals surface area contributed by atoms with Crippen LogP contribution in [0.2, 0.25) is 0 Å². The average Bonchev–Trinajstić information content (AvgIpc) is 2.59. The van der Waals surface area contributed by atoms with Gasteiger partial charge in [-0.2, -0.15) is 4.31 Å². The van der Waals surface area contributed by atoms with Crippen molar-refractivity contribution in [3.05, 3.63) is 57.3 Å². The maximum atomic E-state index is 14.1. The summed E-state index contributed by atoms with van der Waals surface area (Å²) in [5, 5.41) is 2.64. The number of sulfonamides is 1. The number of carbonyl (C=O) groups excluding carboxylic acids is 1. The van der Waals surface area contributed by atoms with Gasteiger partial charge >= 0.3 is 0 Å². The summed E-state index contributed by atoms with van der Waals surface area (Å²) in [6, 6.07) is 7.14. The Bertz CT molecular complexity index is 973. The summed E-state index contributed by atoms with van der Waals surface area (Å²) < 4.78 is 41.5. The molecule has 0 spiro atoms. The fourth-order valence-corrected chi connectivity index (χ4v) is 4.58. The standard InChI is InChI=1S/C19H22BrFN2O3S/c1-5-23(6-2)27(25,26)15-9-12(3)13(4)18(11-15)22-19(24)16-8-7-14(20)10-17(16)21/h7-11H,5-6H2,1-4H3,(H,22,24). The number of hydrogen-bond acceptors (Lipinski definition) is 3. The maximum Gasteiger partial charge on any atom is 0.258 e. The molecule has 0 radical (unpaired) electrons. The third-order valence-electron chi connectivity index (χ3n) is 4.41. The van der Waals surface area contributed by atoms with Crippen molar-refractivity contribution in [2.75, 3.05) is 18.4 Å². The zero-order valence-electron chi connectivity index (χ0n) is 15.6. The Morgan fingerprint density at radius 3 is 2.33 bits per heavy atom. The molecule has 2 rings (SSSR count). The quantitative estimate of drug-likeness (QED) is 0.696. The Morgan fingerprint density at radius 1 is 1.15 bits per heavy atom. The molecule has 0 aliphatic carbocycles. The van der Waals surface area contributed by atoms with Crippen LogP contribution in [-0.4, -0.2) is 31.7 Å². The van der Waals surface area contributed by atoms with Gasteiger partial charge in [0.1, 0.15) is 5.82 Å². The normalized spacial score (nSPS) is 11.7. The smallest absolute Gasteiger partial charge is 0.258 e. The third-order valence-corrected chi connectivity index (χ3v) is 6.93. The van der Waals surface area contributed by atoms with E-state index in [1.807, 2.05) is 0 Å². The summed E-state index contributed by atoms with van der Waals surface area (Å²) in [6.45, 7) is 7.76. The van der Waals surface area contributed by atoms with Crippen LogP contribution in [0.25, 0.3) is 0 Å². The highest BCUT2D eigenvalue weighted by Crippen LogP contribution is 2.27. The summed E-state index contributed by atoms with van der Waals surface area (Å²) in [6.07, 6.45) is 0. The molecule has 2 aromatic carbocycles. The second-order valence-corrected chi connectivity index (χ2v) is 8.93. The van der Waals surface area contributed by atoms with Crippen molar-refractivity contribution in [3.63, 3.8) is 0 Å². The molecule has 0 atom stereocenters. The van der Waals surface area contributed by atoms with E-state index in [1.165, 1.54) is 22.5 Å². The monoisotopic (exact) mass is 456 g/mol. The molecule has 0 unspecified atom stereocenters. The van der Waals surface area contributed by atoms with E-state index >= 15 is 0 Å². The Labute approximate surface area is 167 Å². The summed E-state index contributed by atoms with van der Waals surface area (Å²) in [5.74, 6) is -1.30. The molecule has 8 heteroatoms. The number of anilines is 1. The van der Waals surface area contributed by atoms with Crippen LogP contribution in [0.4, 0.5) is 10.1 Å². The number of benzene rings is 2. The molecule has 27 heavy (non-hydrogen) atoms. The van der Waals surface area contributed by atoms with E-state index < -0.39 is 21.7 Å². The minimum absolute atomic E-state index is 0.0980. The molecule has 1 N–H and O–H groups in total. The molecule has 0 aliphatic rings. The molecule has 0 saturated carbocycles. The van der Waals surface area contributed by atoms with Crippen LogP contribution in [-0.2, 0) is 10.0 Å². The predicted octanol–water partition coefficient (Wildman–Crippen LogP) is 4.49. The van der Waals surface area contributed by atoms with Gasteiger partial charge in [0.2, 0.25) is 10.0 Å². The number of rotatable bonds is 6. The lowest BCUT2D eigenvalue weighted by Gasteiger charge is -2.20. The van der Waals surface area contributed by atoms with E-state index in [4.69, 9.17) is 0 Å². The van der Waals surface area contributed by atoms with Crippen molar-refractivity contribution in [1.29, 1.82) is 0 Å². The number of aryl methyl sites for hydroxylation is 1. The first-order valence-electron chi connectivity index (χ1n) is 8.49. The fourth-order valence-electron chi connectivity index (χ4n) is 2.68. The average molecular weight is 457 g/mol. The number of hydrogen-bond donors (Lipinski definition) is 1. The molecule has 0 heterocycles. The van der Waals surface area contributed by atoms with Gasteiger partial charge in [-0.05, 0) is 55.3 Å². The van der Waals surface area contributed by atoms with Crippen LogP contribution in [0.15, 0.2) is 39.7 Å². The second-order valence-electron chi connectivity index (χ2n) is 6.08. The van der Waals surface area contributed by atoms with Gasteiger partial charge in [0.25, 0.3) is 5.91 Å². The first kappa shape index (κ1) is 21.5. The zero-order chi connectivity index (χ0) is 20.4. The summed E-state index contributed by atoms with van der Waals surface area (Å²) in [4.78, 5) is 12.6. The van der Waals surface area contributed by atoms with Gasteiger partial charge in [0.05, 0.1) is 10.5 Å². The molecule has 0 saturated heterocycles. The molecule has 0 bridgehead atoms. The SMILES string of the molecule is CCN(CC)S(=O)(=O)c1cc(C)c(C)c(NC(=O)c2ccc(Br)cc2F)c1. The highest BCUT2D eigenvalue weighted by molar-refractivity contribution is 9.10. The van der Waals surface area contributed by atoms with Gasteiger partial charge in [-0.1, -0.05) is 29.8 Å². The van der Waals surface area contributed by atoms with E-state index in [0.717, 1.165) is 11.1 Å². The van der Waals surface area contributed by atoms with Crippen LogP contribution in [0, 0.1) is 19.7 Å². The van der Waals surface area contributed by atoms with Gasteiger partial charge in [-0.3, -0.25) is 4.79 Å². The number of halogens is 2. The lowest BCUT2D eigenvalue weighted by Crippen LogP contribution is -2.30. The van der Waals surface area contributed by atoms with Crippen LogP contribution in [0.5, 0.6) is 0 Å². The molecule has 0 aliphatic heterocycles. The Kier molecular flexibility index (Phi) is 6.77. The Hall–Kier alpha value is -1.77. The molecule has 1 amide bonds. The summed E-state index contributed by atoms with van der Waals surface area (Å²) in [7, 11) is -3.68. The number of nitrogens with zero attached hydrogens (tertiary/aromatic N) is 1. The van der Waals surface area contributed by atoms with Gasteiger partial charge in [0, 0.05) is 23.2 Å². The number of amides is 1. The number of carbonyl (C=O) groups is 1. The topological polar surface area (TPSA) is 66.5 Å². The van der Waals surface area contributed by atoms with Crippen LogP contribution in [0.3, 0.4) is 0 Å². The van der Waals surface area contributed by atoms with Crippen molar-refractivity contribution >= 4 is 37.5 Å². The fraction of sp³-hybridized carbons (Fsp3) is 0.316. The Balaban J connectivity index is 2.46. The summed E-state index contributed by atoms with van der Waals surface area (Å²) >= 11 is 3.15. The van der Waals surface area contributed by atoms with E-state index in [0.29, 0.717) is 23.2 Å². The maximum absolute atomic E-state index is 14.1. The highest BCUT2D eigenvalue weighted by Gasteiger charge is 2.24. The van der Waals surface area contributed by atoms with Crippen LogP contribution < -0.4 is 5.32 Å². The highest BCUT2D eigenvalue weighted by atomic mass is 79.9. The van der Waals surface area contributed by atoms with Crippen LogP contribution in [0.1, 0.15) is 35.3 Å². The van der Waals surface area contributed by atoms with Crippen molar-refractivity contribution in [1.82, 2.24) is 4.31 Å². The van der Waals surface area contributed by atoms with Gasteiger partial charge < -0.3 is 5.32 Å². The van der Waals surface area contributed by atoms with Crippen molar-refractivity contribution in [2.24, 2.45) is 0 Å². The molecule has 2 aromatic rings. The molecule has 0 fully saturated rings. The molecular formula is C19H22BrFN2O3S. The minimum atomic E-state index is -3.68. The predicted molar refractivity (Wildman–Crippen MR) is 108 cm³/mol. The molecule has 146 valence electrons. The van der Waals surface area contributed by atoms with Crippen LogP contribution >= 0.6 is 15.9 Å². The van der Waals surface area contributed by atoms with Gasteiger partial charge in [-0.25, -0.2) is 12.8 Å². The first-order valence-corrected chi connectivity index (χ1v) is 10.7. The number of nitrogens with one attached hydrogen (secondary N) is 1. The third kappa shape index (κ3) is 4.56. The second kappa shape index (κ2) is 8.50. The largest absolute Gasteiger partial charge is 0.322 e. The molecule has 5 nitrogen and oxygen atoms in total. The lowest BCUT2D eigenvalue weighted by atomic mass is 10.1. The first-order chi connectivity index (χ1) is 12.6. The van der Waals surface area contributed by atoms with Crippen molar-refractivity contribution < 1.29 is 17.6 Å². The minimum Gasteiger partial charge on any atom is -0.322 e.